The van der Waals surface area contributed by atoms with Crippen molar-refractivity contribution >= 4 is 0 Å². The van der Waals surface area contributed by atoms with E-state index in [1.807, 2.05) is 18.2 Å². The number of rotatable bonds is 6. The predicted octanol–water partition coefficient (Wildman–Crippen LogP) is 1.91. The van der Waals surface area contributed by atoms with E-state index in [1.54, 1.807) is 0 Å². The van der Waals surface area contributed by atoms with E-state index in [2.05, 4.69) is 46.0 Å². The first kappa shape index (κ1) is 16.0. The summed E-state index contributed by atoms with van der Waals surface area (Å²) in [6.45, 7) is 11.7. The van der Waals surface area contributed by atoms with Gasteiger partial charge in [-0.2, -0.15) is 0 Å². The van der Waals surface area contributed by atoms with Gasteiger partial charge >= 0.3 is 0 Å². The van der Waals surface area contributed by atoms with Crippen LogP contribution >= 0.6 is 0 Å². The molecule has 19 heavy (non-hydrogen) atoms. The fourth-order valence-corrected chi connectivity index (χ4v) is 1.83. The van der Waals surface area contributed by atoms with E-state index >= 15 is 0 Å². The average molecular weight is 266 g/mol. The molecule has 0 spiro atoms. The normalized spacial score (nSPS) is 13.6. The van der Waals surface area contributed by atoms with Gasteiger partial charge in [-0.05, 0) is 38.3 Å². The van der Waals surface area contributed by atoms with Gasteiger partial charge < -0.3 is 15.2 Å². The predicted molar refractivity (Wildman–Crippen MR) is 78.6 cm³/mol. The van der Waals surface area contributed by atoms with Crippen LogP contribution in [0.5, 0.6) is 5.75 Å². The molecule has 0 amide bonds. The molecule has 0 saturated heterocycles. The maximum atomic E-state index is 9.95. The molecule has 0 saturated carbocycles. The van der Waals surface area contributed by atoms with Gasteiger partial charge in [0.05, 0.1) is 5.54 Å². The Kier molecular flexibility index (Phi) is 5.83. The summed E-state index contributed by atoms with van der Waals surface area (Å²) in [6, 6.07) is 8.03. The number of nitrogens with two attached hydrogens (primary N) is 1. The summed E-state index contributed by atoms with van der Waals surface area (Å²) in [4.78, 5) is 0. The quantitative estimate of drug-likeness (QED) is 0.826. The lowest BCUT2D eigenvalue weighted by molar-refractivity contribution is -0.722. The van der Waals surface area contributed by atoms with Crippen molar-refractivity contribution in [2.24, 2.45) is 0 Å². The van der Waals surface area contributed by atoms with Crippen molar-refractivity contribution in [1.82, 2.24) is 0 Å². The third-order valence-corrected chi connectivity index (χ3v) is 2.97. The molecule has 0 bridgehead atoms. The first-order valence-corrected chi connectivity index (χ1v) is 7.04. The van der Waals surface area contributed by atoms with Gasteiger partial charge in [-0.1, -0.05) is 32.0 Å². The van der Waals surface area contributed by atoms with Crippen LogP contribution in [0.15, 0.2) is 24.3 Å². The molecule has 0 heterocycles. The third-order valence-electron chi connectivity index (χ3n) is 2.97. The van der Waals surface area contributed by atoms with Crippen LogP contribution in [-0.4, -0.2) is 29.9 Å². The fourth-order valence-electron chi connectivity index (χ4n) is 1.83. The number of hydrogen-bond acceptors (Lipinski definition) is 2. The van der Waals surface area contributed by atoms with Crippen LogP contribution in [0.2, 0.25) is 0 Å². The summed E-state index contributed by atoms with van der Waals surface area (Å²) in [7, 11) is 0. The van der Waals surface area contributed by atoms with Gasteiger partial charge in [-0.25, -0.2) is 0 Å². The molecular formula is C16H28NO2+. The first-order valence-electron chi connectivity index (χ1n) is 7.04. The summed E-state index contributed by atoms with van der Waals surface area (Å²) in [5.74, 6) is 1.31. The molecule has 1 atom stereocenters. The second kappa shape index (κ2) is 6.92. The van der Waals surface area contributed by atoms with E-state index in [0.29, 0.717) is 19.1 Å². The molecule has 0 unspecified atom stereocenters. The average Bonchev–Trinajstić information content (AvgIpc) is 2.33. The number of benzene rings is 1. The lowest BCUT2D eigenvalue weighted by Crippen LogP contribution is -2.96. The van der Waals surface area contributed by atoms with Crippen molar-refractivity contribution < 1.29 is 15.2 Å². The molecule has 3 N–H and O–H groups in total. The fraction of sp³-hybridized carbons (Fsp3) is 0.625. The minimum Gasteiger partial charge on any atom is -0.490 e. The van der Waals surface area contributed by atoms with Crippen molar-refractivity contribution in [3.05, 3.63) is 29.8 Å². The molecule has 1 aromatic carbocycles. The molecule has 3 nitrogen and oxygen atoms in total. The molecular weight excluding hydrogens is 238 g/mol. The number of quaternary nitrogens is 1. The molecule has 0 aromatic heterocycles. The Labute approximate surface area is 117 Å². The minimum absolute atomic E-state index is 0.136. The zero-order valence-corrected chi connectivity index (χ0v) is 12.8. The monoisotopic (exact) mass is 266 g/mol. The van der Waals surface area contributed by atoms with Gasteiger partial charge in [0.25, 0.3) is 0 Å². The summed E-state index contributed by atoms with van der Waals surface area (Å²) in [6.07, 6.45) is -0.445. The highest BCUT2D eigenvalue weighted by atomic mass is 16.5. The van der Waals surface area contributed by atoms with Gasteiger partial charge in [0.15, 0.2) is 0 Å². The number of aliphatic hydroxyl groups is 1. The Morgan fingerprint density at radius 3 is 2.42 bits per heavy atom. The highest BCUT2D eigenvalue weighted by Gasteiger charge is 2.17. The highest BCUT2D eigenvalue weighted by molar-refractivity contribution is 5.35. The van der Waals surface area contributed by atoms with Gasteiger partial charge in [0.2, 0.25) is 0 Å². The number of hydrogen-bond donors (Lipinski definition) is 2. The van der Waals surface area contributed by atoms with Crippen molar-refractivity contribution in [3.63, 3.8) is 0 Å². The molecule has 0 aliphatic heterocycles. The van der Waals surface area contributed by atoms with Crippen LogP contribution in [0.25, 0.3) is 0 Å². The second-order valence-corrected chi connectivity index (χ2v) is 6.46. The summed E-state index contributed by atoms with van der Waals surface area (Å²) in [5, 5.41) is 12.1. The Hall–Kier alpha value is -1.06. The number of para-hydroxylation sites is 1. The first-order chi connectivity index (χ1) is 8.79. The summed E-state index contributed by atoms with van der Waals surface area (Å²) >= 11 is 0. The largest absolute Gasteiger partial charge is 0.490 e. The number of ether oxygens (including phenoxy) is 1. The van der Waals surface area contributed by atoms with E-state index in [9.17, 15) is 5.11 Å². The van der Waals surface area contributed by atoms with Crippen LogP contribution in [0.3, 0.4) is 0 Å². The maximum absolute atomic E-state index is 9.95. The van der Waals surface area contributed by atoms with E-state index in [0.717, 1.165) is 5.75 Å². The molecule has 1 rings (SSSR count). The van der Waals surface area contributed by atoms with Crippen LogP contribution in [0, 0.1) is 0 Å². The van der Waals surface area contributed by atoms with Gasteiger partial charge in [0, 0.05) is 0 Å². The summed E-state index contributed by atoms with van der Waals surface area (Å²) in [5.41, 5.74) is 1.33. The van der Waals surface area contributed by atoms with Crippen molar-refractivity contribution in [1.29, 1.82) is 0 Å². The van der Waals surface area contributed by atoms with E-state index in [-0.39, 0.29) is 5.54 Å². The Morgan fingerprint density at radius 1 is 1.21 bits per heavy atom. The van der Waals surface area contributed by atoms with Crippen LogP contribution in [0.1, 0.15) is 46.1 Å². The Balaban J connectivity index is 2.48. The molecule has 108 valence electrons. The van der Waals surface area contributed by atoms with E-state index < -0.39 is 6.10 Å². The van der Waals surface area contributed by atoms with Gasteiger partial charge in [-0.3, -0.25) is 0 Å². The Morgan fingerprint density at radius 2 is 1.84 bits per heavy atom. The van der Waals surface area contributed by atoms with Crippen LogP contribution in [-0.2, 0) is 0 Å². The van der Waals surface area contributed by atoms with Gasteiger partial charge in [-0.15, -0.1) is 0 Å². The standard InChI is InChI=1S/C16H27NO2/c1-12(2)14-8-6-7-9-15(14)19-11-13(18)10-17-16(3,4)5/h6-9,12-13,17-18H,10-11H2,1-5H3/p+1/t13-/m0/s1. The van der Waals surface area contributed by atoms with E-state index in [4.69, 9.17) is 4.74 Å². The van der Waals surface area contributed by atoms with Crippen molar-refractivity contribution in [3.8, 4) is 5.75 Å². The molecule has 0 radical (unpaired) electrons. The zero-order valence-electron chi connectivity index (χ0n) is 12.8. The van der Waals surface area contributed by atoms with Crippen molar-refractivity contribution in [2.75, 3.05) is 13.2 Å². The van der Waals surface area contributed by atoms with Crippen LogP contribution in [0.4, 0.5) is 0 Å². The molecule has 1 aromatic rings. The Bertz CT molecular complexity index is 383. The molecule has 3 heteroatoms. The molecule has 0 aliphatic rings. The smallest absolute Gasteiger partial charge is 0.137 e. The van der Waals surface area contributed by atoms with Gasteiger partial charge in [0.1, 0.15) is 25.0 Å². The van der Waals surface area contributed by atoms with Crippen LogP contribution < -0.4 is 10.1 Å². The maximum Gasteiger partial charge on any atom is 0.137 e. The number of aliphatic hydroxyl groups excluding tert-OH is 1. The second-order valence-electron chi connectivity index (χ2n) is 6.46. The lowest BCUT2D eigenvalue weighted by Gasteiger charge is -2.20. The lowest BCUT2D eigenvalue weighted by atomic mass is 10.0. The molecule has 0 fully saturated rings. The minimum atomic E-state index is -0.445. The molecule has 0 aliphatic carbocycles. The third kappa shape index (κ3) is 6.08. The van der Waals surface area contributed by atoms with Crippen molar-refractivity contribution in [2.45, 2.75) is 52.2 Å². The topological polar surface area (TPSA) is 46.1 Å². The zero-order chi connectivity index (χ0) is 14.5. The highest BCUT2D eigenvalue weighted by Crippen LogP contribution is 2.25. The van der Waals surface area contributed by atoms with E-state index in [1.165, 1.54) is 5.56 Å². The summed E-state index contributed by atoms with van der Waals surface area (Å²) < 4.78 is 5.76. The SMILES string of the molecule is CC(C)c1ccccc1OC[C@@H](O)C[NH2+]C(C)(C)C.